The number of aliphatic hydroxyl groups is 1. The highest BCUT2D eigenvalue weighted by atomic mass is 16.6. The third-order valence-electron chi connectivity index (χ3n) is 3.62. The van der Waals surface area contributed by atoms with E-state index in [-0.39, 0.29) is 12.1 Å². The van der Waals surface area contributed by atoms with Crippen molar-refractivity contribution >= 4 is 6.09 Å². The standard InChI is InChI=1S/C17H26N2O3/c1-17(2,3)22-16(21)18-10-14-9-15(20)12-19(14)11-13-7-5-4-6-8-13/h4-8,14-15,20H,9-12H2,1-3H3,(H,18,21)/t14-,15-/m1/s1. The molecule has 5 heteroatoms. The highest BCUT2D eigenvalue weighted by molar-refractivity contribution is 5.67. The molecule has 2 atom stereocenters. The molecule has 1 fully saturated rings. The van der Waals surface area contributed by atoms with E-state index in [9.17, 15) is 9.90 Å². The van der Waals surface area contributed by atoms with Crippen molar-refractivity contribution in [1.82, 2.24) is 10.2 Å². The van der Waals surface area contributed by atoms with Gasteiger partial charge in [-0.05, 0) is 32.8 Å². The minimum atomic E-state index is -0.497. The van der Waals surface area contributed by atoms with Gasteiger partial charge in [0, 0.05) is 25.7 Å². The lowest BCUT2D eigenvalue weighted by Gasteiger charge is -2.25. The predicted octanol–water partition coefficient (Wildman–Crippen LogP) is 2.15. The van der Waals surface area contributed by atoms with E-state index in [4.69, 9.17) is 4.74 Å². The summed E-state index contributed by atoms with van der Waals surface area (Å²) in [6.07, 6.45) is -0.0782. The number of likely N-dealkylation sites (tertiary alicyclic amines) is 1. The van der Waals surface area contributed by atoms with Crippen molar-refractivity contribution in [3.63, 3.8) is 0 Å². The van der Waals surface area contributed by atoms with E-state index in [1.54, 1.807) is 0 Å². The number of rotatable bonds is 4. The average Bonchev–Trinajstić information content (AvgIpc) is 2.76. The Morgan fingerprint density at radius 3 is 2.68 bits per heavy atom. The molecule has 0 bridgehead atoms. The largest absolute Gasteiger partial charge is 0.444 e. The van der Waals surface area contributed by atoms with Crippen molar-refractivity contribution in [1.29, 1.82) is 0 Å². The number of benzene rings is 1. The Labute approximate surface area is 132 Å². The van der Waals surface area contributed by atoms with Crippen molar-refractivity contribution in [2.45, 2.75) is 51.5 Å². The quantitative estimate of drug-likeness (QED) is 0.895. The second-order valence-corrected chi connectivity index (χ2v) is 6.84. The first-order chi connectivity index (χ1) is 10.3. The summed E-state index contributed by atoms with van der Waals surface area (Å²) in [5.41, 5.74) is 0.710. The fourth-order valence-corrected chi connectivity index (χ4v) is 2.70. The molecule has 1 saturated heterocycles. The van der Waals surface area contributed by atoms with E-state index >= 15 is 0 Å². The van der Waals surface area contributed by atoms with E-state index in [0.717, 1.165) is 6.54 Å². The third-order valence-corrected chi connectivity index (χ3v) is 3.62. The molecule has 0 saturated carbocycles. The Hall–Kier alpha value is -1.59. The molecule has 22 heavy (non-hydrogen) atoms. The molecular formula is C17H26N2O3. The van der Waals surface area contributed by atoms with Crippen LogP contribution in [0.25, 0.3) is 0 Å². The van der Waals surface area contributed by atoms with Crippen LogP contribution in [0.2, 0.25) is 0 Å². The van der Waals surface area contributed by atoms with Gasteiger partial charge in [-0.15, -0.1) is 0 Å². The number of β-amino-alcohol motifs (C(OH)–C–C–N with tert-alkyl or cyclic N) is 1. The van der Waals surface area contributed by atoms with Crippen molar-refractivity contribution in [3.05, 3.63) is 35.9 Å². The van der Waals surface area contributed by atoms with Gasteiger partial charge in [0.25, 0.3) is 0 Å². The molecule has 1 aliphatic rings. The van der Waals surface area contributed by atoms with Crippen LogP contribution in [0.15, 0.2) is 30.3 Å². The first-order valence-electron chi connectivity index (χ1n) is 7.76. The number of hydrogen-bond donors (Lipinski definition) is 2. The van der Waals surface area contributed by atoms with Crippen molar-refractivity contribution in [2.24, 2.45) is 0 Å². The number of ether oxygens (including phenoxy) is 1. The smallest absolute Gasteiger partial charge is 0.407 e. The maximum absolute atomic E-state index is 11.7. The Bertz CT molecular complexity index is 484. The summed E-state index contributed by atoms with van der Waals surface area (Å²) in [6.45, 7) is 7.42. The molecule has 0 aromatic heterocycles. The average molecular weight is 306 g/mol. The van der Waals surface area contributed by atoms with Crippen molar-refractivity contribution in [2.75, 3.05) is 13.1 Å². The van der Waals surface area contributed by atoms with Gasteiger partial charge >= 0.3 is 6.09 Å². The first kappa shape index (κ1) is 16.8. The topological polar surface area (TPSA) is 61.8 Å². The van der Waals surface area contributed by atoms with E-state index in [2.05, 4.69) is 22.3 Å². The van der Waals surface area contributed by atoms with Gasteiger partial charge in [0.15, 0.2) is 0 Å². The molecule has 2 N–H and O–H groups in total. The van der Waals surface area contributed by atoms with Gasteiger partial charge in [-0.1, -0.05) is 30.3 Å². The van der Waals surface area contributed by atoms with Gasteiger partial charge in [-0.25, -0.2) is 4.79 Å². The van der Waals surface area contributed by atoms with E-state index in [0.29, 0.717) is 19.5 Å². The first-order valence-corrected chi connectivity index (χ1v) is 7.76. The maximum Gasteiger partial charge on any atom is 0.407 e. The van der Waals surface area contributed by atoms with Crippen LogP contribution < -0.4 is 5.32 Å². The molecule has 1 aromatic rings. The third kappa shape index (κ3) is 5.31. The fourth-order valence-electron chi connectivity index (χ4n) is 2.70. The van der Waals surface area contributed by atoms with Gasteiger partial charge < -0.3 is 15.2 Å². The SMILES string of the molecule is CC(C)(C)OC(=O)NC[C@H]1C[C@@H](O)CN1Cc1ccccc1. The van der Waals surface area contributed by atoms with Crippen LogP contribution in [-0.4, -0.2) is 46.9 Å². The van der Waals surface area contributed by atoms with Crippen LogP contribution in [0.5, 0.6) is 0 Å². The van der Waals surface area contributed by atoms with Crippen molar-refractivity contribution in [3.8, 4) is 0 Å². The summed E-state index contributed by atoms with van der Waals surface area (Å²) in [5, 5.41) is 12.7. The number of nitrogens with zero attached hydrogens (tertiary/aromatic N) is 1. The highest BCUT2D eigenvalue weighted by Gasteiger charge is 2.31. The Morgan fingerprint density at radius 2 is 2.05 bits per heavy atom. The van der Waals surface area contributed by atoms with Crippen LogP contribution in [0.4, 0.5) is 4.79 Å². The molecule has 0 aliphatic carbocycles. The molecule has 2 rings (SSSR count). The molecule has 5 nitrogen and oxygen atoms in total. The van der Waals surface area contributed by atoms with Crippen LogP contribution >= 0.6 is 0 Å². The maximum atomic E-state index is 11.7. The van der Waals surface area contributed by atoms with Crippen LogP contribution in [0.1, 0.15) is 32.8 Å². The molecule has 1 heterocycles. The molecule has 1 amide bonds. The number of alkyl carbamates (subject to hydrolysis) is 1. The van der Waals surface area contributed by atoms with Gasteiger partial charge in [0.2, 0.25) is 0 Å². The normalized spacial score (nSPS) is 22.5. The summed E-state index contributed by atoms with van der Waals surface area (Å²) >= 11 is 0. The number of carbonyl (C=O) groups is 1. The summed E-state index contributed by atoms with van der Waals surface area (Å²) < 4.78 is 5.25. The minimum absolute atomic E-state index is 0.128. The lowest BCUT2D eigenvalue weighted by Crippen LogP contribution is -2.41. The van der Waals surface area contributed by atoms with E-state index in [1.807, 2.05) is 39.0 Å². The van der Waals surface area contributed by atoms with E-state index < -0.39 is 11.7 Å². The highest BCUT2D eigenvalue weighted by Crippen LogP contribution is 2.20. The van der Waals surface area contributed by atoms with Crippen LogP contribution in [-0.2, 0) is 11.3 Å². The number of amides is 1. The lowest BCUT2D eigenvalue weighted by atomic mass is 10.1. The molecule has 0 spiro atoms. The zero-order valence-corrected chi connectivity index (χ0v) is 13.6. The number of hydrogen-bond acceptors (Lipinski definition) is 4. The van der Waals surface area contributed by atoms with Gasteiger partial charge in [0.1, 0.15) is 5.60 Å². The molecule has 0 radical (unpaired) electrons. The van der Waals surface area contributed by atoms with E-state index in [1.165, 1.54) is 5.56 Å². The molecule has 1 aromatic carbocycles. The number of aliphatic hydroxyl groups excluding tert-OH is 1. The summed E-state index contributed by atoms with van der Waals surface area (Å²) in [6, 6.07) is 10.3. The molecule has 0 unspecified atom stereocenters. The zero-order chi connectivity index (χ0) is 16.2. The second-order valence-electron chi connectivity index (χ2n) is 6.84. The van der Waals surface area contributed by atoms with Gasteiger partial charge in [-0.3, -0.25) is 4.90 Å². The Kier molecular flexibility index (Phi) is 5.42. The summed E-state index contributed by atoms with van der Waals surface area (Å²) in [5.74, 6) is 0. The number of carbonyl (C=O) groups excluding carboxylic acids is 1. The van der Waals surface area contributed by atoms with Crippen LogP contribution in [0.3, 0.4) is 0 Å². The Morgan fingerprint density at radius 1 is 1.36 bits per heavy atom. The predicted molar refractivity (Wildman–Crippen MR) is 85.5 cm³/mol. The monoisotopic (exact) mass is 306 g/mol. The second kappa shape index (κ2) is 7.11. The van der Waals surface area contributed by atoms with Crippen LogP contribution in [0, 0.1) is 0 Å². The molecule has 1 aliphatic heterocycles. The molecular weight excluding hydrogens is 280 g/mol. The molecule has 122 valence electrons. The fraction of sp³-hybridized carbons (Fsp3) is 0.588. The Balaban J connectivity index is 1.87. The van der Waals surface area contributed by atoms with Gasteiger partial charge in [0.05, 0.1) is 6.10 Å². The zero-order valence-electron chi connectivity index (χ0n) is 13.6. The summed E-state index contributed by atoms with van der Waals surface area (Å²) in [7, 11) is 0. The lowest BCUT2D eigenvalue weighted by molar-refractivity contribution is 0.0512. The minimum Gasteiger partial charge on any atom is -0.444 e. The number of nitrogens with one attached hydrogen (secondary N) is 1. The van der Waals surface area contributed by atoms with Crippen molar-refractivity contribution < 1.29 is 14.6 Å². The van der Waals surface area contributed by atoms with Gasteiger partial charge in [-0.2, -0.15) is 0 Å². The summed E-state index contributed by atoms with van der Waals surface area (Å²) in [4.78, 5) is 14.0.